The molecule has 1 amide bonds. The number of morpholine rings is 1. The first-order chi connectivity index (χ1) is 13.0. The number of benzene rings is 1. The second-order valence-corrected chi connectivity index (χ2v) is 7.57. The monoisotopic (exact) mass is 366 g/mol. The van der Waals surface area contributed by atoms with Crippen molar-refractivity contribution >= 4 is 11.7 Å². The van der Waals surface area contributed by atoms with Gasteiger partial charge in [-0.05, 0) is 44.9 Å². The number of amides is 1. The maximum Gasteiger partial charge on any atom is 0.253 e. The molecule has 3 heterocycles. The standard InChI is InChI=1S/C21H26N4O2/c1-16-3-5-18(6-4-16)20(26)24-11-8-21(9-12-24)15-25(13-14-27-21)19-7-10-22-17(2)23-19/h3-7,10H,8-9,11-15H2,1-2H3. The van der Waals surface area contributed by atoms with Crippen LogP contribution in [-0.2, 0) is 4.74 Å². The molecule has 6 heteroatoms. The molecule has 0 radical (unpaired) electrons. The molecule has 2 saturated heterocycles. The first-order valence-corrected chi connectivity index (χ1v) is 9.59. The predicted molar refractivity (Wildman–Crippen MR) is 104 cm³/mol. The maximum absolute atomic E-state index is 12.8. The molecule has 0 unspecified atom stereocenters. The summed E-state index contributed by atoms with van der Waals surface area (Å²) in [7, 11) is 0. The normalized spacial score (nSPS) is 19.3. The minimum absolute atomic E-state index is 0.115. The van der Waals surface area contributed by atoms with Crippen LogP contribution in [0.5, 0.6) is 0 Å². The largest absolute Gasteiger partial charge is 0.371 e. The molecule has 1 aromatic heterocycles. The Balaban J connectivity index is 1.41. The van der Waals surface area contributed by atoms with Crippen LogP contribution in [-0.4, -0.2) is 59.2 Å². The van der Waals surface area contributed by atoms with Crippen LogP contribution in [0.3, 0.4) is 0 Å². The number of carbonyl (C=O) groups is 1. The minimum atomic E-state index is -0.193. The molecule has 1 spiro atoms. The highest BCUT2D eigenvalue weighted by molar-refractivity contribution is 5.94. The van der Waals surface area contributed by atoms with E-state index in [9.17, 15) is 4.79 Å². The molecule has 2 aliphatic rings. The lowest BCUT2D eigenvalue weighted by molar-refractivity contribution is -0.0870. The molecule has 1 aromatic carbocycles. The van der Waals surface area contributed by atoms with Crippen molar-refractivity contribution < 1.29 is 9.53 Å². The van der Waals surface area contributed by atoms with Crippen LogP contribution in [0.25, 0.3) is 0 Å². The Bertz CT molecular complexity index is 813. The summed E-state index contributed by atoms with van der Waals surface area (Å²) in [6, 6.07) is 9.77. The number of hydrogen-bond acceptors (Lipinski definition) is 5. The number of rotatable bonds is 2. The highest BCUT2D eigenvalue weighted by Gasteiger charge is 2.41. The summed E-state index contributed by atoms with van der Waals surface area (Å²) < 4.78 is 6.21. The molecule has 2 aromatic rings. The number of ether oxygens (including phenoxy) is 1. The molecule has 2 aliphatic heterocycles. The van der Waals surface area contributed by atoms with Crippen LogP contribution >= 0.6 is 0 Å². The van der Waals surface area contributed by atoms with Crippen molar-refractivity contribution in [2.75, 3.05) is 37.7 Å². The number of carbonyl (C=O) groups excluding carboxylic acids is 1. The first-order valence-electron chi connectivity index (χ1n) is 9.59. The lowest BCUT2D eigenvalue weighted by atomic mass is 9.89. The number of hydrogen-bond donors (Lipinski definition) is 0. The highest BCUT2D eigenvalue weighted by atomic mass is 16.5. The van der Waals surface area contributed by atoms with Gasteiger partial charge in [-0.2, -0.15) is 0 Å². The van der Waals surface area contributed by atoms with Crippen LogP contribution in [0, 0.1) is 13.8 Å². The average molecular weight is 366 g/mol. The Kier molecular flexibility index (Phi) is 4.83. The fourth-order valence-electron chi connectivity index (χ4n) is 3.96. The molecular weight excluding hydrogens is 340 g/mol. The van der Waals surface area contributed by atoms with Crippen molar-refractivity contribution in [3.63, 3.8) is 0 Å². The molecule has 27 heavy (non-hydrogen) atoms. The third-order valence-electron chi connectivity index (χ3n) is 5.59. The van der Waals surface area contributed by atoms with Crippen molar-refractivity contribution in [3.05, 3.63) is 53.5 Å². The van der Waals surface area contributed by atoms with E-state index in [1.54, 1.807) is 0 Å². The number of anilines is 1. The second kappa shape index (κ2) is 7.27. The number of aromatic nitrogens is 2. The van der Waals surface area contributed by atoms with Crippen molar-refractivity contribution in [1.29, 1.82) is 0 Å². The summed E-state index contributed by atoms with van der Waals surface area (Å²) >= 11 is 0. The van der Waals surface area contributed by atoms with E-state index in [1.165, 1.54) is 5.56 Å². The maximum atomic E-state index is 12.8. The summed E-state index contributed by atoms with van der Waals surface area (Å²) in [6.07, 6.45) is 3.51. The van der Waals surface area contributed by atoms with E-state index in [-0.39, 0.29) is 11.5 Å². The summed E-state index contributed by atoms with van der Waals surface area (Å²) in [5.74, 6) is 1.86. The van der Waals surface area contributed by atoms with E-state index in [4.69, 9.17) is 4.74 Å². The van der Waals surface area contributed by atoms with Gasteiger partial charge < -0.3 is 14.5 Å². The lowest BCUT2D eigenvalue weighted by Crippen LogP contribution is -2.57. The zero-order chi connectivity index (χ0) is 18.9. The van der Waals surface area contributed by atoms with Gasteiger partial charge >= 0.3 is 0 Å². The van der Waals surface area contributed by atoms with Gasteiger partial charge in [0.15, 0.2) is 0 Å². The Labute approximate surface area is 160 Å². The van der Waals surface area contributed by atoms with Crippen LogP contribution in [0.4, 0.5) is 5.82 Å². The van der Waals surface area contributed by atoms with Crippen molar-refractivity contribution in [3.8, 4) is 0 Å². The molecule has 0 N–H and O–H groups in total. The first kappa shape index (κ1) is 17.9. The molecular formula is C21H26N4O2. The third kappa shape index (κ3) is 3.81. The van der Waals surface area contributed by atoms with Gasteiger partial charge in [0.2, 0.25) is 0 Å². The van der Waals surface area contributed by atoms with E-state index in [2.05, 4.69) is 14.9 Å². The van der Waals surface area contributed by atoms with E-state index >= 15 is 0 Å². The van der Waals surface area contributed by atoms with Gasteiger partial charge in [-0.1, -0.05) is 17.7 Å². The topological polar surface area (TPSA) is 58.6 Å². The van der Waals surface area contributed by atoms with E-state index in [0.717, 1.165) is 56.2 Å². The third-order valence-corrected chi connectivity index (χ3v) is 5.59. The van der Waals surface area contributed by atoms with Crippen molar-refractivity contribution in [2.45, 2.75) is 32.3 Å². The summed E-state index contributed by atoms with van der Waals surface area (Å²) in [5.41, 5.74) is 1.74. The smallest absolute Gasteiger partial charge is 0.253 e. The van der Waals surface area contributed by atoms with Crippen LogP contribution < -0.4 is 4.90 Å². The quantitative estimate of drug-likeness (QED) is 0.818. The molecule has 2 fully saturated rings. The second-order valence-electron chi connectivity index (χ2n) is 7.57. The van der Waals surface area contributed by atoms with Gasteiger partial charge in [-0.3, -0.25) is 4.79 Å². The van der Waals surface area contributed by atoms with Gasteiger partial charge in [0.25, 0.3) is 5.91 Å². The highest BCUT2D eigenvalue weighted by Crippen LogP contribution is 2.32. The van der Waals surface area contributed by atoms with Gasteiger partial charge in [0.05, 0.1) is 12.2 Å². The van der Waals surface area contributed by atoms with Gasteiger partial charge in [-0.15, -0.1) is 0 Å². The van der Waals surface area contributed by atoms with Gasteiger partial charge in [0, 0.05) is 37.9 Å². The van der Waals surface area contributed by atoms with E-state index < -0.39 is 0 Å². The van der Waals surface area contributed by atoms with Gasteiger partial charge in [-0.25, -0.2) is 9.97 Å². The molecule has 0 saturated carbocycles. The summed E-state index contributed by atoms with van der Waals surface area (Å²) in [4.78, 5) is 25.8. The molecule has 0 bridgehead atoms. The lowest BCUT2D eigenvalue weighted by Gasteiger charge is -2.47. The Morgan fingerprint density at radius 1 is 1.07 bits per heavy atom. The SMILES string of the molecule is Cc1ccc(C(=O)N2CCC3(CC2)CN(c2ccnc(C)n2)CCO3)cc1. The average Bonchev–Trinajstić information content (AvgIpc) is 2.69. The number of aryl methyl sites for hydroxylation is 2. The number of nitrogens with zero attached hydrogens (tertiary/aromatic N) is 4. The van der Waals surface area contributed by atoms with Gasteiger partial charge in [0.1, 0.15) is 11.6 Å². The Hall–Kier alpha value is -2.47. The Morgan fingerprint density at radius 3 is 2.52 bits per heavy atom. The summed E-state index contributed by atoms with van der Waals surface area (Å²) in [5, 5.41) is 0. The molecule has 4 rings (SSSR count). The summed E-state index contributed by atoms with van der Waals surface area (Å²) in [6.45, 7) is 7.74. The molecule has 0 aliphatic carbocycles. The fraction of sp³-hybridized carbons (Fsp3) is 0.476. The predicted octanol–water partition coefficient (Wildman–Crippen LogP) is 2.61. The van der Waals surface area contributed by atoms with Crippen molar-refractivity contribution in [2.24, 2.45) is 0 Å². The molecule has 0 atom stereocenters. The van der Waals surface area contributed by atoms with Crippen molar-refractivity contribution in [1.82, 2.24) is 14.9 Å². The zero-order valence-electron chi connectivity index (χ0n) is 16.0. The van der Waals surface area contributed by atoms with E-state index in [1.807, 2.05) is 55.3 Å². The fourth-order valence-corrected chi connectivity index (χ4v) is 3.96. The van der Waals surface area contributed by atoms with Crippen LogP contribution in [0.15, 0.2) is 36.5 Å². The number of piperidine rings is 1. The van der Waals surface area contributed by atoms with Crippen LogP contribution in [0.2, 0.25) is 0 Å². The Morgan fingerprint density at radius 2 is 1.81 bits per heavy atom. The number of likely N-dealkylation sites (tertiary alicyclic amines) is 1. The molecule has 6 nitrogen and oxygen atoms in total. The molecule has 142 valence electrons. The van der Waals surface area contributed by atoms with Crippen LogP contribution in [0.1, 0.15) is 34.6 Å². The zero-order valence-corrected chi connectivity index (χ0v) is 16.0. The van der Waals surface area contributed by atoms with E-state index in [0.29, 0.717) is 6.61 Å². The minimum Gasteiger partial charge on any atom is -0.371 e.